The molecule has 3 aromatic heterocycles. The van der Waals surface area contributed by atoms with E-state index in [1.54, 1.807) is 23.5 Å². The second-order valence-electron chi connectivity index (χ2n) is 7.56. The van der Waals surface area contributed by atoms with Gasteiger partial charge >= 0.3 is 0 Å². The molecule has 7 nitrogen and oxygen atoms in total. The van der Waals surface area contributed by atoms with Crippen molar-refractivity contribution in [3.63, 3.8) is 0 Å². The highest BCUT2D eigenvalue weighted by Crippen LogP contribution is 2.37. The molecule has 0 saturated heterocycles. The molecule has 1 N–H and O–H groups in total. The average molecular weight is 499 g/mol. The lowest BCUT2D eigenvalue weighted by molar-refractivity contribution is 0.489. The first-order valence-corrected chi connectivity index (χ1v) is 13.4. The fraction of sp³-hybridized carbons (Fsp3) is 0.130. The molecule has 0 spiro atoms. The van der Waals surface area contributed by atoms with Gasteiger partial charge in [0.25, 0.3) is 0 Å². The first kappa shape index (κ1) is 21.7. The topological polar surface area (TPSA) is 86.1 Å². The van der Waals surface area contributed by atoms with E-state index < -0.39 is 9.84 Å². The van der Waals surface area contributed by atoms with Crippen LogP contribution in [0.4, 0.5) is 11.5 Å². The SMILES string of the molecule is CS(=O)(=O)CCn1ccc2ncnc(Nc3ccc(Oc4cccc5sccc45)c(Cl)c3)c21. The lowest BCUT2D eigenvalue weighted by Gasteiger charge is -2.13. The monoisotopic (exact) mass is 498 g/mol. The lowest BCUT2D eigenvalue weighted by Crippen LogP contribution is -2.11. The van der Waals surface area contributed by atoms with Gasteiger partial charge in [-0.15, -0.1) is 11.3 Å². The van der Waals surface area contributed by atoms with Crippen molar-refractivity contribution in [3.8, 4) is 11.5 Å². The molecule has 0 atom stereocenters. The molecule has 0 fully saturated rings. The summed E-state index contributed by atoms with van der Waals surface area (Å²) in [6, 6.07) is 15.2. The van der Waals surface area contributed by atoms with Gasteiger partial charge in [0.05, 0.1) is 16.3 Å². The summed E-state index contributed by atoms with van der Waals surface area (Å²) in [6.45, 7) is 0.312. The number of sulfone groups is 1. The normalized spacial score (nSPS) is 11.8. The van der Waals surface area contributed by atoms with Gasteiger partial charge in [-0.1, -0.05) is 17.7 Å². The van der Waals surface area contributed by atoms with E-state index in [2.05, 4.69) is 21.4 Å². The molecule has 0 unspecified atom stereocenters. The number of aromatic nitrogens is 3. The predicted octanol–water partition coefficient (Wildman–Crippen LogP) is 5.88. The van der Waals surface area contributed by atoms with Gasteiger partial charge in [-0.05, 0) is 47.8 Å². The van der Waals surface area contributed by atoms with Gasteiger partial charge in [-0.2, -0.15) is 0 Å². The van der Waals surface area contributed by atoms with E-state index in [4.69, 9.17) is 16.3 Å². The number of rotatable bonds is 7. The third-order valence-electron chi connectivity index (χ3n) is 5.12. The highest BCUT2D eigenvalue weighted by atomic mass is 35.5. The number of hydrogen-bond donors (Lipinski definition) is 1. The van der Waals surface area contributed by atoms with Crippen LogP contribution in [0.5, 0.6) is 11.5 Å². The third kappa shape index (κ3) is 4.66. The van der Waals surface area contributed by atoms with E-state index in [0.29, 0.717) is 23.1 Å². The Bertz CT molecular complexity index is 1580. The molecule has 0 aliphatic heterocycles. The van der Waals surface area contributed by atoms with Crippen LogP contribution < -0.4 is 10.1 Å². The smallest absolute Gasteiger partial charge is 0.158 e. The Hall–Kier alpha value is -3.14. The van der Waals surface area contributed by atoms with Crippen molar-refractivity contribution in [2.45, 2.75) is 6.54 Å². The molecule has 5 rings (SSSR count). The number of hydrogen-bond acceptors (Lipinski definition) is 7. The Labute approximate surface area is 199 Å². The molecule has 0 bridgehead atoms. The highest BCUT2D eigenvalue weighted by Gasteiger charge is 2.13. The summed E-state index contributed by atoms with van der Waals surface area (Å²) < 4.78 is 32.3. The molecule has 0 aliphatic rings. The summed E-state index contributed by atoms with van der Waals surface area (Å²) in [5.41, 5.74) is 2.16. The molecule has 168 valence electrons. The van der Waals surface area contributed by atoms with E-state index in [9.17, 15) is 8.42 Å². The van der Waals surface area contributed by atoms with Gasteiger partial charge in [-0.3, -0.25) is 0 Å². The van der Waals surface area contributed by atoms with Gasteiger partial charge in [0.15, 0.2) is 5.82 Å². The number of nitrogens with one attached hydrogen (secondary N) is 1. The molecule has 10 heteroatoms. The molecule has 5 aromatic rings. The molecule has 2 aromatic carbocycles. The van der Waals surface area contributed by atoms with E-state index in [1.807, 2.05) is 46.5 Å². The van der Waals surface area contributed by atoms with E-state index >= 15 is 0 Å². The van der Waals surface area contributed by atoms with Crippen molar-refractivity contribution < 1.29 is 13.2 Å². The fourth-order valence-corrected chi connectivity index (χ4v) is 5.10. The van der Waals surface area contributed by atoms with Crippen LogP contribution in [0, 0.1) is 0 Å². The number of nitrogens with zero attached hydrogens (tertiary/aromatic N) is 3. The summed E-state index contributed by atoms with van der Waals surface area (Å²) >= 11 is 8.19. The van der Waals surface area contributed by atoms with Crippen molar-refractivity contribution in [1.82, 2.24) is 14.5 Å². The van der Waals surface area contributed by atoms with Crippen LogP contribution in [-0.2, 0) is 16.4 Å². The number of fused-ring (bicyclic) bond motifs is 2. The van der Waals surface area contributed by atoms with Gasteiger partial charge in [0.1, 0.15) is 33.2 Å². The van der Waals surface area contributed by atoms with Crippen LogP contribution in [-0.4, -0.2) is 35.0 Å². The number of anilines is 2. The van der Waals surface area contributed by atoms with E-state index in [0.717, 1.165) is 32.6 Å². The largest absolute Gasteiger partial charge is 0.455 e. The molecule has 0 saturated carbocycles. The van der Waals surface area contributed by atoms with Crippen LogP contribution in [0.15, 0.2) is 66.4 Å². The number of thiophene rings is 1. The Morgan fingerprint density at radius 1 is 1.12 bits per heavy atom. The summed E-state index contributed by atoms with van der Waals surface area (Å²) in [4.78, 5) is 8.64. The van der Waals surface area contributed by atoms with Gasteiger partial charge in [-0.25, -0.2) is 18.4 Å². The quantitative estimate of drug-likeness (QED) is 0.301. The van der Waals surface area contributed by atoms with Crippen molar-refractivity contribution in [2.24, 2.45) is 0 Å². The second-order valence-corrected chi connectivity index (χ2v) is 11.2. The minimum Gasteiger partial charge on any atom is -0.455 e. The van der Waals surface area contributed by atoms with Crippen LogP contribution in [0.1, 0.15) is 0 Å². The zero-order valence-corrected chi connectivity index (χ0v) is 19.9. The van der Waals surface area contributed by atoms with Crippen LogP contribution in [0.2, 0.25) is 5.02 Å². The van der Waals surface area contributed by atoms with Crippen molar-refractivity contribution in [3.05, 3.63) is 71.5 Å². The zero-order valence-electron chi connectivity index (χ0n) is 17.5. The number of benzene rings is 2. The third-order valence-corrected chi connectivity index (χ3v) is 7.23. The minimum absolute atomic E-state index is 0.0276. The Balaban J connectivity index is 1.41. The van der Waals surface area contributed by atoms with Gasteiger partial charge < -0.3 is 14.6 Å². The van der Waals surface area contributed by atoms with Crippen LogP contribution >= 0.6 is 22.9 Å². The molecular formula is C23H19ClN4O3S2. The standard InChI is InChI=1S/C23H19ClN4O3S2/c1-33(29,30)12-10-28-9-7-18-22(28)23(26-14-25-18)27-15-5-6-20(17(24)13-15)31-19-3-2-4-21-16(19)8-11-32-21/h2-9,11,13-14H,10,12H2,1H3,(H,25,26,27). The Morgan fingerprint density at radius 3 is 2.82 bits per heavy atom. The van der Waals surface area contributed by atoms with Crippen molar-refractivity contribution >= 4 is 65.4 Å². The molecular weight excluding hydrogens is 480 g/mol. The highest BCUT2D eigenvalue weighted by molar-refractivity contribution is 7.90. The Morgan fingerprint density at radius 2 is 2.00 bits per heavy atom. The van der Waals surface area contributed by atoms with Gasteiger partial charge in [0, 0.05) is 34.8 Å². The fourth-order valence-electron chi connectivity index (χ4n) is 3.55. The van der Waals surface area contributed by atoms with Crippen molar-refractivity contribution in [1.29, 1.82) is 0 Å². The Kier molecular flexibility index (Phi) is 5.69. The average Bonchev–Trinajstić information content (AvgIpc) is 3.42. The maximum Gasteiger partial charge on any atom is 0.158 e. The number of ether oxygens (including phenoxy) is 1. The zero-order chi connectivity index (χ0) is 23.0. The lowest BCUT2D eigenvalue weighted by atomic mass is 10.2. The summed E-state index contributed by atoms with van der Waals surface area (Å²) in [5, 5.41) is 6.79. The summed E-state index contributed by atoms with van der Waals surface area (Å²) in [6.07, 6.45) is 4.50. The molecule has 33 heavy (non-hydrogen) atoms. The number of aryl methyl sites for hydroxylation is 1. The van der Waals surface area contributed by atoms with Gasteiger partial charge in [0.2, 0.25) is 0 Å². The minimum atomic E-state index is -3.10. The molecule has 0 aliphatic carbocycles. The second kappa shape index (κ2) is 8.66. The first-order chi connectivity index (χ1) is 15.9. The first-order valence-electron chi connectivity index (χ1n) is 10.1. The van der Waals surface area contributed by atoms with Crippen molar-refractivity contribution in [2.75, 3.05) is 17.3 Å². The van der Waals surface area contributed by atoms with E-state index in [-0.39, 0.29) is 5.75 Å². The summed E-state index contributed by atoms with van der Waals surface area (Å²) in [5.74, 6) is 1.88. The maximum atomic E-state index is 11.6. The molecule has 3 heterocycles. The molecule has 0 radical (unpaired) electrons. The maximum absolute atomic E-state index is 11.6. The van der Waals surface area contributed by atoms with Crippen LogP contribution in [0.25, 0.3) is 21.1 Å². The number of halogens is 1. The predicted molar refractivity (Wildman–Crippen MR) is 134 cm³/mol. The molecule has 0 amide bonds. The summed E-state index contributed by atoms with van der Waals surface area (Å²) in [7, 11) is -3.10. The van der Waals surface area contributed by atoms with E-state index in [1.165, 1.54) is 12.6 Å². The van der Waals surface area contributed by atoms with Crippen LogP contribution in [0.3, 0.4) is 0 Å².